The third kappa shape index (κ3) is 10.4. The molecule has 0 bridgehead atoms. The number of carbonyl (C=O) groups excluding carboxylic acids is 2. The van der Waals surface area contributed by atoms with Gasteiger partial charge in [-0.2, -0.15) is 13.2 Å². The van der Waals surface area contributed by atoms with Gasteiger partial charge in [-0.25, -0.2) is 0 Å². The number of carbonyl (C=O) groups is 2. The molecule has 186 valence electrons. The summed E-state index contributed by atoms with van der Waals surface area (Å²) in [5.41, 5.74) is 1.32. The Morgan fingerprint density at radius 3 is 1.82 bits per heavy atom. The molecule has 1 saturated carbocycles. The van der Waals surface area contributed by atoms with Crippen LogP contribution in [0.3, 0.4) is 0 Å². The van der Waals surface area contributed by atoms with Gasteiger partial charge in [0.25, 0.3) is 0 Å². The van der Waals surface area contributed by atoms with E-state index in [1.807, 2.05) is 12.1 Å². The molecule has 0 saturated heterocycles. The van der Waals surface area contributed by atoms with E-state index in [4.69, 9.17) is 0 Å². The van der Waals surface area contributed by atoms with Gasteiger partial charge in [0.2, 0.25) is 5.78 Å². The van der Waals surface area contributed by atoms with Gasteiger partial charge in [-0.3, -0.25) is 9.59 Å². The van der Waals surface area contributed by atoms with Crippen LogP contribution in [-0.4, -0.2) is 17.7 Å². The molecule has 0 N–H and O–H groups in total. The molecule has 1 aliphatic carbocycles. The molecular weight excluding hydrogens is 425 g/mol. The van der Waals surface area contributed by atoms with Crippen molar-refractivity contribution in [3.05, 3.63) is 35.4 Å². The van der Waals surface area contributed by atoms with E-state index in [-0.39, 0.29) is 5.56 Å². The summed E-state index contributed by atoms with van der Waals surface area (Å²) in [6, 6.07) is 6.82. The molecular formula is C28H41F3O2. The fourth-order valence-corrected chi connectivity index (χ4v) is 4.99. The van der Waals surface area contributed by atoms with Gasteiger partial charge >= 0.3 is 6.18 Å². The first kappa shape index (κ1) is 27.6. The topological polar surface area (TPSA) is 34.1 Å². The molecule has 1 fully saturated rings. The quantitative estimate of drug-likeness (QED) is 0.147. The Balaban J connectivity index is 1.60. The lowest BCUT2D eigenvalue weighted by Crippen LogP contribution is -2.25. The van der Waals surface area contributed by atoms with Gasteiger partial charge in [-0.1, -0.05) is 102 Å². The van der Waals surface area contributed by atoms with E-state index in [2.05, 4.69) is 6.92 Å². The molecule has 1 aromatic rings. The van der Waals surface area contributed by atoms with E-state index in [0.29, 0.717) is 5.92 Å². The van der Waals surface area contributed by atoms with E-state index >= 15 is 0 Å². The summed E-state index contributed by atoms with van der Waals surface area (Å²) in [5.74, 6) is -1.50. The molecule has 0 aliphatic heterocycles. The highest BCUT2D eigenvalue weighted by Crippen LogP contribution is 2.38. The molecule has 33 heavy (non-hydrogen) atoms. The predicted octanol–water partition coefficient (Wildman–Crippen LogP) is 8.98. The molecule has 1 aromatic carbocycles. The van der Waals surface area contributed by atoms with E-state index in [1.54, 1.807) is 12.1 Å². The summed E-state index contributed by atoms with van der Waals surface area (Å²) in [6.07, 6.45) is 13.6. The second kappa shape index (κ2) is 14.6. The van der Waals surface area contributed by atoms with Crippen LogP contribution < -0.4 is 0 Å². The maximum atomic E-state index is 12.4. The number of ketones is 2. The van der Waals surface area contributed by atoms with E-state index in [1.165, 1.54) is 83.5 Å². The number of benzene rings is 1. The summed E-state index contributed by atoms with van der Waals surface area (Å²) in [4.78, 5) is 23.0. The van der Waals surface area contributed by atoms with Crippen LogP contribution >= 0.6 is 0 Å². The second-order valence-electron chi connectivity index (χ2n) is 9.83. The molecule has 0 amide bonds. The second-order valence-corrected chi connectivity index (χ2v) is 9.83. The summed E-state index contributed by atoms with van der Waals surface area (Å²) in [7, 11) is 0. The maximum absolute atomic E-state index is 12.4. The highest BCUT2D eigenvalue weighted by atomic mass is 19.4. The minimum atomic E-state index is -4.96. The molecule has 0 spiro atoms. The fraction of sp³-hybridized carbons (Fsp3) is 0.714. The van der Waals surface area contributed by atoms with E-state index in [9.17, 15) is 22.8 Å². The molecule has 2 nitrogen and oxygen atoms in total. The maximum Gasteiger partial charge on any atom is 0.450 e. The highest BCUT2D eigenvalue weighted by Gasteiger charge is 2.39. The fourth-order valence-electron chi connectivity index (χ4n) is 4.99. The summed E-state index contributed by atoms with van der Waals surface area (Å²) < 4.78 is 37.1. The first-order valence-corrected chi connectivity index (χ1v) is 13.0. The van der Waals surface area contributed by atoms with Crippen LogP contribution in [0.15, 0.2) is 24.3 Å². The van der Waals surface area contributed by atoms with Crippen LogP contribution in [0.25, 0.3) is 0 Å². The van der Waals surface area contributed by atoms with Crippen molar-refractivity contribution < 1.29 is 22.8 Å². The van der Waals surface area contributed by atoms with Crippen LogP contribution in [0, 0.1) is 5.92 Å². The normalized spacial score (nSPS) is 18.9. The first-order valence-electron chi connectivity index (χ1n) is 13.0. The highest BCUT2D eigenvalue weighted by molar-refractivity contribution is 6.09. The zero-order valence-electron chi connectivity index (χ0n) is 20.2. The third-order valence-corrected chi connectivity index (χ3v) is 7.15. The predicted molar refractivity (Wildman–Crippen MR) is 128 cm³/mol. The van der Waals surface area contributed by atoms with Crippen LogP contribution in [0.5, 0.6) is 0 Å². The number of alkyl halides is 3. The van der Waals surface area contributed by atoms with E-state index in [0.717, 1.165) is 24.3 Å². The van der Waals surface area contributed by atoms with Crippen LogP contribution in [-0.2, 0) is 4.79 Å². The van der Waals surface area contributed by atoms with Gasteiger partial charge in [0, 0.05) is 5.56 Å². The monoisotopic (exact) mass is 466 g/mol. The standard InChI is InChI=1S/C28H41F3O2/c1-2-3-4-5-6-7-8-9-10-11-12-22-13-15-23(16-14-22)24-17-19-25(20-18-24)26(32)21-27(33)28(29,30)31/h17-20,22-23H,2-16,21H2,1H3. The van der Waals surface area contributed by atoms with Gasteiger partial charge in [-0.05, 0) is 43.1 Å². The molecule has 1 aliphatic rings. The number of halogens is 3. The summed E-state index contributed by atoms with van der Waals surface area (Å²) >= 11 is 0. The molecule has 0 radical (unpaired) electrons. The molecule has 0 aromatic heterocycles. The average molecular weight is 467 g/mol. The van der Waals surface area contributed by atoms with Crippen molar-refractivity contribution in [2.45, 2.75) is 122 Å². The van der Waals surface area contributed by atoms with Crippen molar-refractivity contribution in [1.29, 1.82) is 0 Å². The van der Waals surface area contributed by atoms with Gasteiger partial charge in [0.05, 0.1) is 6.42 Å². The minimum Gasteiger partial charge on any atom is -0.294 e. The lowest BCUT2D eigenvalue weighted by atomic mass is 9.77. The first-order chi connectivity index (χ1) is 15.8. The molecule has 0 atom stereocenters. The minimum absolute atomic E-state index is 0.172. The van der Waals surface area contributed by atoms with Crippen LogP contribution in [0.1, 0.15) is 131 Å². The number of rotatable bonds is 15. The van der Waals surface area contributed by atoms with Gasteiger partial charge in [-0.15, -0.1) is 0 Å². The van der Waals surface area contributed by atoms with Crippen LogP contribution in [0.4, 0.5) is 13.2 Å². The van der Waals surface area contributed by atoms with Crippen LogP contribution in [0.2, 0.25) is 0 Å². The average Bonchev–Trinajstić information content (AvgIpc) is 2.80. The Hall–Kier alpha value is -1.65. The zero-order valence-corrected chi connectivity index (χ0v) is 20.2. The molecule has 0 heterocycles. The molecule has 0 unspecified atom stereocenters. The van der Waals surface area contributed by atoms with Crippen molar-refractivity contribution in [3.8, 4) is 0 Å². The van der Waals surface area contributed by atoms with Crippen molar-refractivity contribution in [2.24, 2.45) is 5.92 Å². The Kier molecular flexibility index (Phi) is 12.2. The lowest BCUT2D eigenvalue weighted by Gasteiger charge is -2.29. The Labute approximate surface area is 197 Å². The van der Waals surface area contributed by atoms with E-state index < -0.39 is 24.2 Å². The van der Waals surface area contributed by atoms with Crippen molar-refractivity contribution in [2.75, 3.05) is 0 Å². The van der Waals surface area contributed by atoms with Gasteiger partial charge in [0.15, 0.2) is 5.78 Å². The smallest absolute Gasteiger partial charge is 0.294 e. The summed E-state index contributed by atoms with van der Waals surface area (Å²) in [6.45, 7) is 2.26. The lowest BCUT2D eigenvalue weighted by molar-refractivity contribution is -0.170. The van der Waals surface area contributed by atoms with Crippen molar-refractivity contribution in [1.82, 2.24) is 0 Å². The van der Waals surface area contributed by atoms with Gasteiger partial charge in [0.1, 0.15) is 0 Å². The largest absolute Gasteiger partial charge is 0.450 e. The van der Waals surface area contributed by atoms with Crippen molar-refractivity contribution >= 4 is 11.6 Å². The SMILES string of the molecule is CCCCCCCCCCCCC1CCC(c2ccc(C(=O)CC(=O)C(F)(F)F)cc2)CC1. The number of hydrogen-bond donors (Lipinski definition) is 0. The van der Waals surface area contributed by atoms with Crippen molar-refractivity contribution in [3.63, 3.8) is 0 Å². The Morgan fingerprint density at radius 2 is 1.30 bits per heavy atom. The summed E-state index contributed by atoms with van der Waals surface area (Å²) in [5, 5.41) is 0. The van der Waals surface area contributed by atoms with Gasteiger partial charge < -0.3 is 0 Å². The number of Topliss-reactive ketones (excluding diaryl/α,β-unsaturated/α-hetero) is 2. The Bertz CT molecular complexity index is 701. The Morgan fingerprint density at radius 1 is 0.788 bits per heavy atom. The number of hydrogen-bond acceptors (Lipinski definition) is 2. The molecule has 2 rings (SSSR count). The number of unbranched alkanes of at least 4 members (excludes halogenated alkanes) is 9. The molecule has 5 heteroatoms. The zero-order chi connectivity index (χ0) is 24.1. The third-order valence-electron chi connectivity index (χ3n) is 7.15.